The van der Waals surface area contributed by atoms with Crippen molar-refractivity contribution in [3.8, 4) is 5.69 Å². The fourth-order valence-electron chi connectivity index (χ4n) is 5.59. The Morgan fingerprint density at radius 1 is 0.947 bits per heavy atom. The molecule has 3 aromatic rings. The summed E-state index contributed by atoms with van der Waals surface area (Å²) in [6.07, 6.45) is 6.35. The van der Waals surface area contributed by atoms with E-state index in [1.807, 2.05) is 46.2 Å². The molecule has 2 heterocycles. The molecule has 1 aromatic heterocycles. The van der Waals surface area contributed by atoms with E-state index in [1.165, 1.54) is 5.56 Å². The average molecular weight is 532 g/mol. The third kappa shape index (κ3) is 6.29. The van der Waals surface area contributed by atoms with Gasteiger partial charge >= 0.3 is 0 Å². The van der Waals surface area contributed by atoms with Gasteiger partial charge < -0.3 is 9.80 Å². The molecule has 0 radical (unpaired) electrons. The van der Waals surface area contributed by atoms with Gasteiger partial charge in [0.1, 0.15) is 5.82 Å². The Labute approximate surface area is 229 Å². The molecule has 2 aliphatic rings. The molecule has 1 saturated heterocycles. The first-order valence-corrected chi connectivity index (χ1v) is 14.8. The minimum atomic E-state index is 0.0858. The Hall–Kier alpha value is -3.13. The Kier molecular flexibility index (Phi) is 8.79. The smallest absolute Gasteiger partial charge is 0.226 e. The second-order valence-corrected chi connectivity index (χ2v) is 11.4. The molecule has 7 nitrogen and oxygen atoms in total. The summed E-state index contributed by atoms with van der Waals surface area (Å²) in [5.41, 5.74) is 2.24. The number of aromatic nitrogens is 3. The first-order valence-electron chi connectivity index (χ1n) is 13.8. The van der Waals surface area contributed by atoms with Gasteiger partial charge in [-0.15, -0.1) is 10.2 Å². The quantitative estimate of drug-likeness (QED) is 0.288. The maximum atomic E-state index is 13.0. The summed E-state index contributed by atoms with van der Waals surface area (Å²) in [7, 11) is 0. The van der Waals surface area contributed by atoms with Gasteiger partial charge in [-0.2, -0.15) is 0 Å². The molecular formula is C30H37N5O2S. The zero-order valence-corrected chi connectivity index (χ0v) is 23.0. The molecule has 1 unspecified atom stereocenters. The molecule has 1 atom stereocenters. The fraction of sp³-hybridized carbons (Fsp3) is 0.467. The van der Waals surface area contributed by atoms with Crippen molar-refractivity contribution in [2.24, 2.45) is 5.92 Å². The van der Waals surface area contributed by atoms with E-state index in [0.29, 0.717) is 38.4 Å². The van der Waals surface area contributed by atoms with Gasteiger partial charge in [0.2, 0.25) is 11.8 Å². The summed E-state index contributed by atoms with van der Waals surface area (Å²) < 4.78 is 2.13. The van der Waals surface area contributed by atoms with Crippen LogP contribution in [-0.4, -0.2) is 67.8 Å². The predicted octanol–water partition coefficient (Wildman–Crippen LogP) is 4.98. The largest absolute Gasteiger partial charge is 0.339 e. The molecule has 1 aliphatic carbocycles. The van der Waals surface area contributed by atoms with Crippen molar-refractivity contribution in [3.05, 3.63) is 72.1 Å². The molecule has 0 bridgehead atoms. The number of carbonyl (C=O) groups excluding carboxylic acids is 2. The number of thioether (sulfide) groups is 1. The number of hydrogen-bond donors (Lipinski definition) is 0. The van der Waals surface area contributed by atoms with E-state index >= 15 is 0 Å². The molecule has 38 heavy (non-hydrogen) atoms. The van der Waals surface area contributed by atoms with Crippen molar-refractivity contribution in [2.45, 2.75) is 63.1 Å². The topological polar surface area (TPSA) is 71.3 Å². The fourth-order valence-corrected chi connectivity index (χ4v) is 6.50. The molecule has 5 rings (SSSR count). The lowest BCUT2D eigenvalue weighted by Crippen LogP contribution is -2.56. The van der Waals surface area contributed by atoms with Crippen LogP contribution in [0.5, 0.6) is 0 Å². The van der Waals surface area contributed by atoms with Gasteiger partial charge in [-0.1, -0.05) is 73.1 Å². The van der Waals surface area contributed by atoms with Gasteiger partial charge in [-0.25, -0.2) is 0 Å². The maximum Gasteiger partial charge on any atom is 0.226 e. The highest BCUT2D eigenvalue weighted by Gasteiger charge is 2.34. The van der Waals surface area contributed by atoms with Gasteiger partial charge in [0, 0.05) is 55.9 Å². The van der Waals surface area contributed by atoms with E-state index in [9.17, 15) is 9.59 Å². The van der Waals surface area contributed by atoms with Crippen molar-refractivity contribution in [3.63, 3.8) is 0 Å². The Morgan fingerprint density at radius 2 is 1.66 bits per heavy atom. The number of nitrogens with zero attached hydrogens (tertiary/aromatic N) is 5. The van der Waals surface area contributed by atoms with Gasteiger partial charge in [-0.3, -0.25) is 14.2 Å². The van der Waals surface area contributed by atoms with Crippen LogP contribution in [0.4, 0.5) is 0 Å². The third-order valence-electron chi connectivity index (χ3n) is 7.65. The molecular weight excluding hydrogens is 494 g/mol. The van der Waals surface area contributed by atoms with E-state index in [-0.39, 0.29) is 17.9 Å². The lowest BCUT2D eigenvalue weighted by atomic mass is 10.0. The van der Waals surface area contributed by atoms with Crippen molar-refractivity contribution in [2.75, 3.05) is 25.4 Å². The number of amides is 2. The number of benzene rings is 2. The molecule has 2 aromatic carbocycles. The van der Waals surface area contributed by atoms with E-state index in [0.717, 1.165) is 54.5 Å². The van der Waals surface area contributed by atoms with Crippen LogP contribution in [-0.2, 0) is 16.0 Å². The van der Waals surface area contributed by atoms with E-state index < -0.39 is 0 Å². The SMILES string of the molecule is CC1CN(C(=O)CCCSc2nnc(Cc3ccccc3)n2-c2ccccc2)CCN1C(=O)C1CCCC1. The Balaban J connectivity index is 1.14. The summed E-state index contributed by atoms with van der Waals surface area (Å²) >= 11 is 1.65. The highest BCUT2D eigenvalue weighted by Crippen LogP contribution is 2.28. The number of piperazine rings is 1. The summed E-state index contributed by atoms with van der Waals surface area (Å²) in [6.45, 7) is 4.00. The normalized spacial score (nSPS) is 18.2. The van der Waals surface area contributed by atoms with Crippen LogP contribution in [0.25, 0.3) is 5.69 Å². The molecule has 8 heteroatoms. The summed E-state index contributed by atoms with van der Waals surface area (Å²) in [5, 5.41) is 9.87. The Bertz CT molecular complexity index is 1210. The van der Waals surface area contributed by atoms with Crippen molar-refractivity contribution >= 4 is 23.6 Å². The lowest BCUT2D eigenvalue weighted by molar-refractivity contribution is -0.145. The van der Waals surface area contributed by atoms with Crippen LogP contribution in [0.15, 0.2) is 65.8 Å². The highest BCUT2D eigenvalue weighted by molar-refractivity contribution is 7.99. The lowest BCUT2D eigenvalue weighted by Gasteiger charge is -2.41. The number of para-hydroxylation sites is 1. The molecule has 200 valence electrons. The third-order valence-corrected chi connectivity index (χ3v) is 8.67. The molecule has 2 fully saturated rings. The van der Waals surface area contributed by atoms with E-state index in [2.05, 4.69) is 46.0 Å². The van der Waals surface area contributed by atoms with Gasteiger partial charge in [-0.05, 0) is 43.9 Å². The van der Waals surface area contributed by atoms with Gasteiger partial charge in [0.05, 0.1) is 0 Å². The number of hydrogen-bond acceptors (Lipinski definition) is 5. The van der Waals surface area contributed by atoms with Gasteiger partial charge in [0.25, 0.3) is 0 Å². The van der Waals surface area contributed by atoms with Crippen LogP contribution >= 0.6 is 11.8 Å². The van der Waals surface area contributed by atoms with Gasteiger partial charge in [0.15, 0.2) is 5.16 Å². The van der Waals surface area contributed by atoms with Crippen LogP contribution < -0.4 is 0 Å². The zero-order valence-electron chi connectivity index (χ0n) is 22.2. The summed E-state index contributed by atoms with van der Waals surface area (Å²) in [6, 6.07) is 20.6. The maximum absolute atomic E-state index is 13.0. The predicted molar refractivity (Wildman–Crippen MR) is 150 cm³/mol. The molecule has 0 N–H and O–H groups in total. The monoisotopic (exact) mass is 531 g/mol. The highest BCUT2D eigenvalue weighted by atomic mass is 32.2. The zero-order chi connectivity index (χ0) is 26.3. The summed E-state index contributed by atoms with van der Waals surface area (Å²) in [5.74, 6) is 2.37. The first-order chi connectivity index (χ1) is 18.6. The average Bonchev–Trinajstić information content (AvgIpc) is 3.62. The van der Waals surface area contributed by atoms with Crippen molar-refractivity contribution < 1.29 is 9.59 Å². The molecule has 2 amide bonds. The van der Waals surface area contributed by atoms with Crippen LogP contribution in [0.1, 0.15) is 56.8 Å². The summed E-state index contributed by atoms with van der Waals surface area (Å²) in [4.78, 5) is 29.8. The first kappa shape index (κ1) is 26.5. The number of rotatable bonds is 9. The Morgan fingerprint density at radius 3 is 2.37 bits per heavy atom. The van der Waals surface area contributed by atoms with E-state index in [4.69, 9.17) is 0 Å². The second kappa shape index (κ2) is 12.6. The molecule has 1 saturated carbocycles. The van der Waals surface area contributed by atoms with E-state index in [1.54, 1.807) is 11.8 Å². The van der Waals surface area contributed by atoms with Crippen molar-refractivity contribution in [1.82, 2.24) is 24.6 Å². The van der Waals surface area contributed by atoms with Crippen LogP contribution in [0.2, 0.25) is 0 Å². The van der Waals surface area contributed by atoms with Crippen LogP contribution in [0, 0.1) is 5.92 Å². The minimum absolute atomic E-state index is 0.0858. The second-order valence-electron chi connectivity index (χ2n) is 10.4. The van der Waals surface area contributed by atoms with Crippen LogP contribution in [0.3, 0.4) is 0 Å². The standard InChI is InChI=1S/C30H37N5O2S/c1-23-22-33(18-19-34(23)29(37)25-13-8-9-14-25)28(36)17-10-20-38-30-32-31-27(21-24-11-4-2-5-12-24)35(30)26-15-6-3-7-16-26/h2-7,11-12,15-16,23,25H,8-10,13-14,17-22H2,1H3. The molecule has 1 aliphatic heterocycles. The molecule has 0 spiro atoms. The number of carbonyl (C=O) groups is 2. The minimum Gasteiger partial charge on any atom is -0.339 e. The van der Waals surface area contributed by atoms with Crippen molar-refractivity contribution in [1.29, 1.82) is 0 Å².